The minimum absolute atomic E-state index is 0.0233. The van der Waals surface area contributed by atoms with E-state index in [4.69, 9.17) is 10.5 Å². The van der Waals surface area contributed by atoms with Gasteiger partial charge in [-0.3, -0.25) is 0 Å². The Bertz CT molecular complexity index is 625. The van der Waals surface area contributed by atoms with Crippen molar-refractivity contribution in [2.45, 2.75) is 5.92 Å². The van der Waals surface area contributed by atoms with Gasteiger partial charge < -0.3 is 15.4 Å². The molecule has 2 N–H and O–H groups in total. The molecule has 10 heteroatoms. The fourth-order valence-corrected chi connectivity index (χ4v) is 3.26. The summed E-state index contributed by atoms with van der Waals surface area (Å²) in [6, 6.07) is 0. The number of hydrogen-bond donors (Lipinski definition) is 1. The lowest BCUT2D eigenvalue weighted by molar-refractivity contribution is 0.122. The van der Waals surface area contributed by atoms with Crippen LogP contribution < -0.4 is 10.6 Å². The van der Waals surface area contributed by atoms with Crippen molar-refractivity contribution in [2.24, 2.45) is 0 Å². The van der Waals surface area contributed by atoms with Gasteiger partial charge in [0.2, 0.25) is 21.9 Å². The Morgan fingerprint density at radius 2 is 1.86 bits per heavy atom. The molecule has 1 aromatic heterocycles. The third-order valence-electron chi connectivity index (χ3n) is 3.63. The molecule has 21 heavy (non-hydrogen) atoms. The average Bonchev–Trinajstić information content (AvgIpc) is 2.35. The van der Waals surface area contributed by atoms with Crippen LogP contribution in [0.4, 0.5) is 11.9 Å². The molecule has 116 valence electrons. The van der Waals surface area contributed by atoms with E-state index in [1.165, 1.54) is 10.6 Å². The van der Waals surface area contributed by atoms with Gasteiger partial charge in [0.05, 0.1) is 19.5 Å². The van der Waals surface area contributed by atoms with Crippen LogP contribution in [0.2, 0.25) is 0 Å². The summed E-state index contributed by atoms with van der Waals surface area (Å²) >= 11 is 0. The summed E-state index contributed by atoms with van der Waals surface area (Å²) in [6.45, 7) is 3.47. The molecule has 0 bridgehead atoms. The monoisotopic (exact) mass is 314 g/mol. The van der Waals surface area contributed by atoms with Crippen LogP contribution in [0.15, 0.2) is 0 Å². The molecule has 0 aromatic carbocycles. The van der Waals surface area contributed by atoms with Crippen molar-refractivity contribution in [3.8, 4) is 0 Å². The smallest absolute Gasteiger partial charge is 0.230 e. The molecule has 0 radical (unpaired) electrons. The third kappa shape index (κ3) is 3.06. The largest absolute Gasteiger partial charge is 0.378 e. The first-order valence-corrected chi connectivity index (χ1v) is 8.57. The van der Waals surface area contributed by atoms with Crippen molar-refractivity contribution < 1.29 is 13.2 Å². The average molecular weight is 314 g/mol. The summed E-state index contributed by atoms with van der Waals surface area (Å²) in [4.78, 5) is 14.7. The van der Waals surface area contributed by atoms with Gasteiger partial charge in [-0.1, -0.05) is 0 Å². The topological polar surface area (TPSA) is 115 Å². The number of nitrogen functional groups attached to an aromatic ring is 1. The molecule has 0 unspecified atom stereocenters. The van der Waals surface area contributed by atoms with Crippen molar-refractivity contribution >= 4 is 21.9 Å². The summed E-state index contributed by atoms with van der Waals surface area (Å²) in [5, 5.41) is 0. The standard InChI is InChI=1S/C11H18N6O3S/c1-21(18,19)17-6-8(7-17)9-13-10(12)15-11(14-9)16-2-4-20-5-3-16/h8H,2-7H2,1H3,(H2,12,13,14,15). The summed E-state index contributed by atoms with van der Waals surface area (Å²) in [7, 11) is -3.14. The van der Waals surface area contributed by atoms with Crippen LogP contribution >= 0.6 is 0 Å². The number of morpholine rings is 1. The van der Waals surface area contributed by atoms with E-state index in [1.54, 1.807) is 0 Å². The van der Waals surface area contributed by atoms with Crippen LogP contribution in [0.5, 0.6) is 0 Å². The molecule has 0 saturated carbocycles. The van der Waals surface area contributed by atoms with Crippen molar-refractivity contribution in [1.82, 2.24) is 19.3 Å². The molecule has 1 aromatic rings. The first-order chi connectivity index (χ1) is 9.93. The van der Waals surface area contributed by atoms with Gasteiger partial charge in [-0.15, -0.1) is 0 Å². The molecular weight excluding hydrogens is 296 g/mol. The number of rotatable bonds is 3. The summed E-state index contributed by atoms with van der Waals surface area (Å²) in [5.74, 6) is 1.24. The zero-order chi connectivity index (χ0) is 15.0. The first-order valence-electron chi connectivity index (χ1n) is 6.73. The molecule has 3 heterocycles. The van der Waals surface area contributed by atoms with E-state index < -0.39 is 10.0 Å². The Kier molecular flexibility index (Phi) is 3.68. The molecule has 2 aliphatic heterocycles. The van der Waals surface area contributed by atoms with Crippen LogP contribution in [-0.4, -0.2) is 73.3 Å². The van der Waals surface area contributed by atoms with Crippen molar-refractivity contribution in [2.75, 3.05) is 56.3 Å². The highest BCUT2D eigenvalue weighted by molar-refractivity contribution is 7.88. The first kappa shape index (κ1) is 14.4. The van der Waals surface area contributed by atoms with Gasteiger partial charge in [0, 0.05) is 32.1 Å². The molecule has 9 nitrogen and oxygen atoms in total. The fourth-order valence-electron chi connectivity index (χ4n) is 2.36. The van der Waals surface area contributed by atoms with Crippen molar-refractivity contribution in [3.05, 3.63) is 5.82 Å². The van der Waals surface area contributed by atoms with Crippen molar-refractivity contribution in [1.29, 1.82) is 0 Å². The predicted octanol–water partition coefficient (Wildman–Crippen LogP) is -1.35. The lowest BCUT2D eigenvalue weighted by Gasteiger charge is -2.36. The summed E-state index contributed by atoms with van der Waals surface area (Å²) < 4.78 is 29.5. The maximum atomic E-state index is 11.4. The fraction of sp³-hybridized carbons (Fsp3) is 0.727. The van der Waals surface area contributed by atoms with Crippen molar-refractivity contribution in [3.63, 3.8) is 0 Å². The third-order valence-corrected chi connectivity index (χ3v) is 4.87. The quantitative estimate of drug-likeness (QED) is 0.728. The zero-order valence-corrected chi connectivity index (χ0v) is 12.6. The number of hydrogen-bond acceptors (Lipinski definition) is 8. The van der Waals surface area contributed by atoms with Crippen LogP contribution in [0, 0.1) is 0 Å². The van der Waals surface area contributed by atoms with Gasteiger partial charge in [-0.05, 0) is 0 Å². The predicted molar refractivity (Wildman–Crippen MR) is 76.4 cm³/mol. The highest BCUT2D eigenvalue weighted by Gasteiger charge is 2.36. The van der Waals surface area contributed by atoms with E-state index in [1.807, 2.05) is 4.90 Å². The highest BCUT2D eigenvalue weighted by Crippen LogP contribution is 2.27. The minimum atomic E-state index is -3.14. The van der Waals surface area contributed by atoms with Gasteiger partial charge in [-0.25, -0.2) is 12.7 Å². The van der Waals surface area contributed by atoms with Gasteiger partial charge in [-0.2, -0.15) is 15.0 Å². The number of aromatic nitrogens is 3. The van der Waals surface area contributed by atoms with Gasteiger partial charge in [0.1, 0.15) is 5.82 Å². The second-order valence-electron chi connectivity index (χ2n) is 5.23. The summed E-state index contributed by atoms with van der Waals surface area (Å²) in [6.07, 6.45) is 1.20. The van der Waals surface area contributed by atoms with E-state index >= 15 is 0 Å². The Morgan fingerprint density at radius 1 is 1.19 bits per heavy atom. The Hall–Kier alpha value is -1.52. The highest BCUT2D eigenvalue weighted by atomic mass is 32.2. The SMILES string of the molecule is CS(=O)(=O)N1CC(c2nc(N)nc(N3CCOCC3)n2)C1. The van der Waals surface area contributed by atoms with Crippen LogP contribution in [-0.2, 0) is 14.8 Å². The zero-order valence-electron chi connectivity index (χ0n) is 11.8. The Balaban J connectivity index is 1.76. The van der Waals surface area contributed by atoms with Crippen LogP contribution in [0.3, 0.4) is 0 Å². The molecule has 3 rings (SSSR count). The number of sulfonamides is 1. The van der Waals surface area contributed by atoms with E-state index in [2.05, 4.69) is 15.0 Å². The van der Waals surface area contributed by atoms with Gasteiger partial charge in [0.25, 0.3) is 0 Å². The van der Waals surface area contributed by atoms with E-state index in [-0.39, 0.29) is 11.9 Å². The Morgan fingerprint density at radius 3 is 2.48 bits per heavy atom. The second kappa shape index (κ2) is 5.35. The molecule has 2 fully saturated rings. The number of ether oxygens (including phenoxy) is 1. The van der Waals surface area contributed by atoms with E-state index in [0.717, 1.165) is 0 Å². The Labute approximate surface area is 123 Å². The number of nitrogens with zero attached hydrogens (tertiary/aromatic N) is 5. The number of anilines is 2. The summed E-state index contributed by atoms with van der Waals surface area (Å²) in [5.41, 5.74) is 5.75. The molecular formula is C11H18N6O3S. The lowest BCUT2D eigenvalue weighted by Crippen LogP contribution is -2.48. The van der Waals surface area contributed by atoms with Gasteiger partial charge in [0.15, 0.2) is 0 Å². The molecule has 0 aliphatic carbocycles. The molecule has 0 spiro atoms. The second-order valence-corrected chi connectivity index (χ2v) is 7.21. The molecule has 2 aliphatic rings. The maximum absolute atomic E-state index is 11.4. The normalized spacial score (nSPS) is 21.3. The lowest BCUT2D eigenvalue weighted by atomic mass is 10.0. The maximum Gasteiger partial charge on any atom is 0.230 e. The molecule has 0 amide bonds. The van der Waals surface area contributed by atoms with E-state index in [0.29, 0.717) is 51.2 Å². The minimum Gasteiger partial charge on any atom is -0.378 e. The van der Waals surface area contributed by atoms with Crippen LogP contribution in [0.25, 0.3) is 0 Å². The number of nitrogens with two attached hydrogens (primary N) is 1. The molecule has 0 atom stereocenters. The van der Waals surface area contributed by atoms with Crippen LogP contribution in [0.1, 0.15) is 11.7 Å². The van der Waals surface area contributed by atoms with Gasteiger partial charge >= 0.3 is 0 Å². The molecule has 2 saturated heterocycles. The van der Waals surface area contributed by atoms with E-state index in [9.17, 15) is 8.42 Å².